The van der Waals surface area contributed by atoms with E-state index < -0.39 is 0 Å². The van der Waals surface area contributed by atoms with Crippen molar-refractivity contribution in [1.29, 1.82) is 5.26 Å². The minimum atomic E-state index is -0.289. The first-order valence-corrected chi connectivity index (χ1v) is 9.78. The van der Waals surface area contributed by atoms with E-state index in [1.165, 1.54) is 21.8 Å². The van der Waals surface area contributed by atoms with Gasteiger partial charge in [-0.15, -0.1) is 11.3 Å². The highest BCUT2D eigenvalue weighted by Crippen LogP contribution is 2.20. The fraction of sp³-hybridized carbons (Fsp3) is 0.0870. The lowest BCUT2D eigenvalue weighted by Gasteiger charge is -2.11. The van der Waals surface area contributed by atoms with E-state index in [1.54, 1.807) is 30.3 Å². The van der Waals surface area contributed by atoms with Gasteiger partial charge in [-0.1, -0.05) is 42.5 Å². The Labute approximate surface area is 171 Å². The molecule has 0 saturated carbocycles. The van der Waals surface area contributed by atoms with Crippen LogP contribution in [-0.2, 0) is 0 Å². The van der Waals surface area contributed by atoms with E-state index in [-0.39, 0.29) is 17.0 Å². The van der Waals surface area contributed by atoms with Crippen molar-refractivity contribution < 1.29 is 4.79 Å². The number of carbonyl (C=O) groups excluding carboxylic acids is 1. The van der Waals surface area contributed by atoms with E-state index in [1.807, 2.05) is 49.3 Å². The van der Waals surface area contributed by atoms with Gasteiger partial charge in [-0.05, 0) is 29.8 Å². The van der Waals surface area contributed by atoms with Crippen LogP contribution in [0, 0.1) is 11.3 Å². The van der Waals surface area contributed by atoms with Crippen LogP contribution in [0.15, 0.2) is 65.5 Å². The summed E-state index contributed by atoms with van der Waals surface area (Å²) in [6.07, 6.45) is 1.79. The van der Waals surface area contributed by atoms with Crippen molar-refractivity contribution in [1.82, 2.24) is 4.40 Å². The minimum Gasteiger partial charge on any atom is -0.378 e. The Morgan fingerprint density at radius 1 is 1.10 bits per heavy atom. The van der Waals surface area contributed by atoms with Gasteiger partial charge < -0.3 is 4.90 Å². The summed E-state index contributed by atoms with van der Waals surface area (Å²) in [6, 6.07) is 20.2. The molecule has 0 amide bonds. The van der Waals surface area contributed by atoms with Crippen molar-refractivity contribution >= 4 is 33.7 Å². The molecule has 0 N–H and O–H groups in total. The van der Waals surface area contributed by atoms with Crippen LogP contribution >= 0.6 is 11.3 Å². The number of nitriles is 1. The van der Waals surface area contributed by atoms with Crippen LogP contribution in [0.25, 0.3) is 10.9 Å². The second-order valence-corrected chi connectivity index (χ2v) is 7.82. The Morgan fingerprint density at radius 3 is 2.41 bits per heavy atom. The van der Waals surface area contributed by atoms with Crippen molar-refractivity contribution in [3.63, 3.8) is 0 Å². The van der Waals surface area contributed by atoms with E-state index >= 15 is 0 Å². The molecule has 0 radical (unpaired) electrons. The first kappa shape index (κ1) is 18.7. The number of nitrogens with zero attached hydrogens (tertiary/aromatic N) is 3. The van der Waals surface area contributed by atoms with Gasteiger partial charge in [0.15, 0.2) is 0 Å². The Bertz CT molecular complexity index is 1360. The minimum absolute atomic E-state index is 0.214. The lowest BCUT2D eigenvalue weighted by Crippen LogP contribution is -2.25. The topological polar surface area (TPSA) is 65.6 Å². The molecule has 5 nitrogen and oxygen atoms in total. The molecule has 2 heterocycles. The van der Waals surface area contributed by atoms with Crippen LogP contribution < -0.4 is 15.0 Å². The SMILES string of the molecule is CN(C)c1ccc(C=c2sc3c(C#N)cc(C(=O)c4ccccc4)n3c2=O)cc1. The van der Waals surface area contributed by atoms with E-state index in [0.717, 1.165) is 11.3 Å². The molecule has 0 bridgehead atoms. The molecule has 2 aromatic heterocycles. The Morgan fingerprint density at radius 2 is 1.79 bits per heavy atom. The molecule has 0 aliphatic carbocycles. The van der Waals surface area contributed by atoms with Crippen LogP contribution in [0.4, 0.5) is 5.69 Å². The highest BCUT2D eigenvalue weighted by atomic mass is 32.1. The number of thiazole rings is 1. The van der Waals surface area contributed by atoms with Crippen LogP contribution in [0.5, 0.6) is 0 Å². The summed E-state index contributed by atoms with van der Waals surface area (Å²) in [5.41, 5.74) is 2.67. The monoisotopic (exact) mass is 399 g/mol. The molecular weight excluding hydrogens is 382 g/mol. The number of rotatable bonds is 4. The highest BCUT2D eigenvalue weighted by molar-refractivity contribution is 7.15. The third kappa shape index (κ3) is 3.33. The predicted octanol–water partition coefficient (Wildman–Crippen LogP) is 3.08. The van der Waals surface area contributed by atoms with E-state index in [0.29, 0.717) is 20.5 Å². The summed E-state index contributed by atoms with van der Waals surface area (Å²) >= 11 is 1.22. The average Bonchev–Trinajstić information content (AvgIpc) is 3.26. The van der Waals surface area contributed by atoms with Crippen molar-refractivity contribution in [2.45, 2.75) is 0 Å². The molecule has 0 fully saturated rings. The van der Waals surface area contributed by atoms with Gasteiger partial charge in [-0.25, -0.2) is 0 Å². The molecule has 0 saturated heterocycles. The van der Waals surface area contributed by atoms with Crippen LogP contribution in [0.3, 0.4) is 0 Å². The molecule has 0 unspecified atom stereocenters. The number of anilines is 1. The third-order valence-electron chi connectivity index (χ3n) is 4.67. The largest absolute Gasteiger partial charge is 0.378 e. The zero-order valence-corrected chi connectivity index (χ0v) is 16.7. The van der Waals surface area contributed by atoms with Crippen molar-refractivity contribution in [2.24, 2.45) is 0 Å². The average molecular weight is 399 g/mol. The maximum atomic E-state index is 13.1. The number of benzene rings is 2. The number of hydrogen-bond donors (Lipinski definition) is 0. The Balaban J connectivity index is 1.88. The summed E-state index contributed by atoms with van der Waals surface area (Å²) in [4.78, 5) is 28.5. The second kappa shape index (κ2) is 7.38. The Kier molecular flexibility index (Phi) is 4.75. The summed E-state index contributed by atoms with van der Waals surface area (Å²) in [7, 11) is 3.93. The van der Waals surface area contributed by atoms with Crippen LogP contribution in [0.2, 0.25) is 0 Å². The quantitative estimate of drug-likeness (QED) is 0.495. The second-order valence-electron chi connectivity index (χ2n) is 6.79. The molecule has 4 aromatic rings. The predicted molar refractivity (Wildman–Crippen MR) is 116 cm³/mol. The third-order valence-corrected chi connectivity index (χ3v) is 5.78. The molecule has 2 aromatic carbocycles. The summed E-state index contributed by atoms with van der Waals surface area (Å²) < 4.78 is 1.84. The van der Waals surface area contributed by atoms with Crippen molar-refractivity contribution in [3.8, 4) is 6.07 Å². The Hall–Kier alpha value is -3.69. The maximum absolute atomic E-state index is 13.1. The number of fused-ring (bicyclic) bond motifs is 1. The van der Waals surface area contributed by atoms with Crippen molar-refractivity contribution in [2.75, 3.05) is 19.0 Å². The zero-order chi connectivity index (χ0) is 20.5. The molecule has 0 aliphatic heterocycles. The van der Waals surface area contributed by atoms with Gasteiger partial charge in [-0.3, -0.25) is 14.0 Å². The first-order valence-electron chi connectivity index (χ1n) is 8.97. The van der Waals surface area contributed by atoms with Crippen molar-refractivity contribution in [3.05, 3.63) is 97.9 Å². The molecular formula is C23H17N3O2S. The van der Waals surface area contributed by atoms with Gasteiger partial charge >= 0.3 is 0 Å². The van der Waals surface area contributed by atoms with Gasteiger partial charge in [0.25, 0.3) is 5.56 Å². The highest BCUT2D eigenvalue weighted by Gasteiger charge is 2.20. The van der Waals surface area contributed by atoms with Gasteiger partial charge in [0.1, 0.15) is 10.9 Å². The molecule has 29 heavy (non-hydrogen) atoms. The molecule has 4 rings (SSSR count). The molecule has 142 valence electrons. The van der Waals surface area contributed by atoms with Gasteiger partial charge in [0.2, 0.25) is 5.78 Å². The van der Waals surface area contributed by atoms with Gasteiger partial charge in [-0.2, -0.15) is 5.26 Å². The van der Waals surface area contributed by atoms with E-state index in [9.17, 15) is 14.9 Å². The summed E-state index contributed by atoms with van der Waals surface area (Å²) in [5, 5.41) is 9.49. The van der Waals surface area contributed by atoms with E-state index in [2.05, 4.69) is 6.07 Å². The van der Waals surface area contributed by atoms with E-state index in [4.69, 9.17) is 0 Å². The molecule has 0 atom stereocenters. The zero-order valence-electron chi connectivity index (χ0n) is 15.9. The van der Waals surface area contributed by atoms with Crippen LogP contribution in [-0.4, -0.2) is 24.3 Å². The fourth-order valence-corrected chi connectivity index (χ4v) is 4.22. The normalized spacial score (nSPS) is 11.6. The standard InChI is InChI=1S/C23H17N3O2S/c1-25(2)18-10-8-15(9-11-18)12-20-22(28)26-19(13-17(14-24)23(26)29-20)21(27)16-6-4-3-5-7-16/h3-13H,1-2H3. The molecule has 6 heteroatoms. The number of hydrogen-bond acceptors (Lipinski definition) is 5. The maximum Gasteiger partial charge on any atom is 0.273 e. The first-order chi connectivity index (χ1) is 14.0. The number of ketones is 1. The molecule has 0 spiro atoms. The summed E-state index contributed by atoms with van der Waals surface area (Å²) in [6.45, 7) is 0. The number of carbonyl (C=O) groups is 1. The van der Waals surface area contributed by atoms with Gasteiger partial charge in [0, 0.05) is 25.3 Å². The van der Waals surface area contributed by atoms with Crippen LogP contribution in [0.1, 0.15) is 27.2 Å². The fourth-order valence-electron chi connectivity index (χ4n) is 3.15. The lowest BCUT2D eigenvalue weighted by molar-refractivity contribution is 0.103. The lowest BCUT2D eigenvalue weighted by atomic mass is 10.1. The smallest absolute Gasteiger partial charge is 0.273 e. The number of aromatic nitrogens is 1. The molecule has 0 aliphatic rings. The summed E-state index contributed by atoms with van der Waals surface area (Å²) in [5.74, 6) is -0.279. The van der Waals surface area contributed by atoms with Gasteiger partial charge in [0.05, 0.1) is 15.8 Å².